The molecule has 0 saturated heterocycles. The van der Waals surface area contributed by atoms with Crippen LogP contribution in [0.1, 0.15) is 0 Å². The summed E-state index contributed by atoms with van der Waals surface area (Å²) in [6, 6.07) is 0. The van der Waals surface area contributed by atoms with E-state index >= 15 is 0 Å². The summed E-state index contributed by atoms with van der Waals surface area (Å²) in [5, 5.41) is 0. The van der Waals surface area contributed by atoms with Gasteiger partial charge in [-0.25, -0.2) is 15.0 Å². The van der Waals surface area contributed by atoms with E-state index in [0.717, 1.165) is 5.52 Å². The van der Waals surface area contributed by atoms with Gasteiger partial charge in [-0.05, 0) is 0 Å². The minimum atomic E-state index is -4.67. The SMILES string of the molecule is N.N.O=S(=O)(O)O.c1ncc2[nH]cnc2n1. The third kappa shape index (κ3) is 6.74. The van der Waals surface area contributed by atoms with E-state index in [2.05, 4.69) is 19.9 Å². The first kappa shape index (κ1) is 16.8. The predicted molar refractivity (Wildman–Crippen MR) is 55.9 cm³/mol. The first-order valence-electron chi connectivity index (χ1n) is 3.26. The van der Waals surface area contributed by atoms with Crippen LogP contribution >= 0.6 is 0 Å². The second kappa shape index (κ2) is 6.76. The van der Waals surface area contributed by atoms with E-state index in [1.54, 1.807) is 12.5 Å². The van der Waals surface area contributed by atoms with E-state index in [4.69, 9.17) is 17.5 Å². The molecule has 2 heterocycles. The fourth-order valence-corrected chi connectivity index (χ4v) is 0.691. The minimum absolute atomic E-state index is 0. The molecule has 0 aromatic carbocycles. The van der Waals surface area contributed by atoms with Crippen LogP contribution in [-0.4, -0.2) is 37.5 Å². The lowest BCUT2D eigenvalue weighted by atomic mass is 10.6. The van der Waals surface area contributed by atoms with Crippen molar-refractivity contribution in [2.45, 2.75) is 0 Å². The maximum atomic E-state index is 8.74. The molecule has 2 rings (SSSR count). The smallest absolute Gasteiger partial charge is 0.344 e. The molecule has 0 amide bonds. The van der Waals surface area contributed by atoms with Crippen LogP contribution in [0.4, 0.5) is 0 Å². The average Bonchev–Trinajstić information content (AvgIpc) is 2.47. The van der Waals surface area contributed by atoms with Gasteiger partial charge in [0.15, 0.2) is 5.65 Å². The predicted octanol–water partition coefficient (Wildman–Crippen LogP) is 0.0241. The number of fused-ring (bicyclic) bond motifs is 1. The third-order valence-electron chi connectivity index (χ3n) is 1.10. The van der Waals surface area contributed by atoms with E-state index in [1.807, 2.05) is 0 Å². The Bertz CT molecular complexity index is 472. The van der Waals surface area contributed by atoms with Gasteiger partial charge in [0.25, 0.3) is 0 Å². The number of H-pyrrole nitrogens is 1. The van der Waals surface area contributed by atoms with E-state index < -0.39 is 10.4 Å². The molecular weight excluding hydrogens is 240 g/mol. The summed E-state index contributed by atoms with van der Waals surface area (Å²) >= 11 is 0. The van der Waals surface area contributed by atoms with Crippen molar-refractivity contribution in [3.63, 3.8) is 0 Å². The molecule has 11 heteroatoms. The Morgan fingerprint density at radius 2 is 1.75 bits per heavy atom. The second-order valence-corrected chi connectivity index (χ2v) is 3.01. The molecule has 0 unspecified atom stereocenters. The Labute approximate surface area is 90.9 Å². The second-order valence-electron chi connectivity index (χ2n) is 2.11. The largest absolute Gasteiger partial charge is 0.394 e. The van der Waals surface area contributed by atoms with Crippen molar-refractivity contribution in [1.29, 1.82) is 0 Å². The van der Waals surface area contributed by atoms with E-state index in [1.165, 1.54) is 6.33 Å². The molecule has 0 saturated carbocycles. The van der Waals surface area contributed by atoms with Gasteiger partial charge in [0.2, 0.25) is 0 Å². The number of nitrogens with zero attached hydrogens (tertiary/aromatic N) is 3. The highest BCUT2D eigenvalue weighted by Gasteiger charge is 1.91. The molecule has 16 heavy (non-hydrogen) atoms. The standard InChI is InChI=1S/C5H4N4.2H3N.H2O4S/c1-4-5(8-2-6-1)9-3-7-4;;;1-5(2,3)4/h1-3H,(H,6,7,8,9);2*1H3;(H2,1,2,3,4). The molecule has 0 fully saturated rings. The van der Waals surface area contributed by atoms with Crippen LogP contribution in [-0.2, 0) is 10.4 Å². The van der Waals surface area contributed by atoms with Gasteiger partial charge >= 0.3 is 10.4 Å². The van der Waals surface area contributed by atoms with Crippen molar-refractivity contribution in [2.75, 3.05) is 0 Å². The van der Waals surface area contributed by atoms with E-state index in [9.17, 15) is 0 Å². The molecule has 0 atom stereocenters. The molecule has 0 aliphatic heterocycles. The van der Waals surface area contributed by atoms with Crippen molar-refractivity contribution in [2.24, 2.45) is 0 Å². The molecule has 0 spiro atoms. The maximum absolute atomic E-state index is 8.74. The number of hydrogen-bond acceptors (Lipinski definition) is 7. The van der Waals surface area contributed by atoms with Gasteiger partial charge in [-0.2, -0.15) is 8.42 Å². The summed E-state index contributed by atoms with van der Waals surface area (Å²) in [5.74, 6) is 0. The summed E-state index contributed by atoms with van der Waals surface area (Å²) in [4.78, 5) is 14.5. The lowest BCUT2D eigenvalue weighted by Gasteiger charge is -1.80. The molecule has 10 nitrogen and oxygen atoms in total. The molecular formula is C5H12N6O4S. The summed E-state index contributed by atoms with van der Waals surface area (Å²) in [6.45, 7) is 0. The highest BCUT2D eigenvalue weighted by molar-refractivity contribution is 7.79. The summed E-state index contributed by atoms with van der Waals surface area (Å²) < 4.78 is 31.6. The van der Waals surface area contributed by atoms with Crippen LogP contribution in [0.5, 0.6) is 0 Å². The molecule has 2 aromatic rings. The Hall–Kier alpha value is -1.66. The molecule has 0 aliphatic carbocycles. The van der Waals surface area contributed by atoms with Gasteiger partial charge in [-0.15, -0.1) is 0 Å². The zero-order valence-corrected chi connectivity index (χ0v) is 8.92. The van der Waals surface area contributed by atoms with Crippen molar-refractivity contribution < 1.29 is 17.5 Å². The Morgan fingerprint density at radius 3 is 2.25 bits per heavy atom. The number of aromatic nitrogens is 4. The van der Waals surface area contributed by atoms with Crippen molar-refractivity contribution >= 4 is 21.6 Å². The fraction of sp³-hybridized carbons (Fsp3) is 0. The number of hydrogen-bond donors (Lipinski definition) is 5. The first-order valence-corrected chi connectivity index (χ1v) is 4.65. The zero-order valence-electron chi connectivity index (χ0n) is 8.11. The highest BCUT2D eigenvalue weighted by atomic mass is 32.3. The molecule has 0 bridgehead atoms. The molecule has 0 radical (unpaired) electrons. The van der Waals surface area contributed by atoms with Crippen LogP contribution in [0.15, 0.2) is 18.9 Å². The average molecular weight is 252 g/mol. The Kier molecular flexibility index (Phi) is 7.08. The van der Waals surface area contributed by atoms with Gasteiger partial charge in [0.05, 0.1) is 12.5 Å². The molecule has 0 aliphatic rings. The van der Waals surface area contributed by atoms with Crippen molar-refractivity contribution in [3.05, 3.63) is 18.9 Å². The van der Waals surface area contributed by atoms with Gasteiger partial charge in [-0.3, -0.25) is 9.11 Å². The number of rotatable bonds is 0. The third-order valence-corrected chi connectivity index (χ3v) is 1.10. The van der Waals surface area contributed by atoms with Gasteiger partial charge in [0, 0.05) is 0 Å². The number of nitrogens with one attached hydrogen (secondary N) is 1. The van der Waals surface area contributed by atoms with E-state index in [0.29, 0.717) is 5.65 Å². The quantitative estimate of drug-likeness (QED) is 0.401. The van der Waals surface area contributed by atoms with E-state index in [-0.39, 0.29) is 12.3 Å². The molecule has 2 aromatic heterocycles. The lowest BCUT2D eigenvalue weighted by molar-refractivity contribution is 0.381. The van der Waals surface area contributed by atoms with Crippen LogP contribution in [0.3, 0.4) is 0 Å². The van der Waals surface area contributed by atoms with Crippen LogP contribution in [0, 0.1) is 0 Å². The Morgan fingerprint density at radius 1 is 1.19 bits per heavy atom. The fourth-order valence-electron chi connectivity index (χ4n) is 0.691. The monoisotopic (exact) mass is 252 g/mol. The minimum Gasteiger partial charge on any atom is -0.344 e. The topological polar surface area (TPSA) is 199 Å². The molecule has 92 valence electrons. The van der Waals surface area contributed by atoms with Crippen LogP contribution in [0.25, 0.3) is 11.2 Å². The van der Waals surface area contributed by atoms with Crippen LogP contribution < -0.4 is 12.3 Å². The molecule has 9 N–H and O–H groups in total. The van der Waals surface area contributed by atoms with Crippen LogP contribution in [0.2, 0.25) is 0 Å². The normalized spacial score (nSPS) is 9.38. The maximum Gasteiger partial charge on any atom is 0.394 e. The zero-order chi connectivity index (χ0) is 10.6. The lowest BCUT2D eigenvalue weighted by Crippen LogP contribution is -1.89. The van der Waals surface area contributed by atoms with Gasteiger partial charge < -0.3 is 17.3 Å². The summed E-state index contributed by atoms with van der Waals surface area (Å²) in [6.07, 6.45) is 4.76. The highest BCUT2D eigenvalue weighted by Crippen LogP contribution is 1.99. The number of imidazole rings is 1. The van der Waals surface area contributed by atoms with Crippen molar-refractivity contribution in [3.8, 4) is 0 Å². The van der Waals surface area contributed by atoms with Gasteiger partial charge in [0.1, 0.15) is 11.8 Å². The summed E-state index contributed by atoms with van der Waals surface area (Å²) in [5.41, 5.74) is 1.59. The first-order chi connectivity index (χ1) is 6.47. The number of aromatic amines is 1. The Balaban J connectivity index is 0. The van der Waals surface area contributed by atoms with Crippen molar-refractivity contribution in [1.82, 2.24) is 32.2 Å². The van der Waals surface area contributed by atoms with Gasteiger partial charge in [-0.1, -0.05) is 0 Å². The summed E-state index contributed by atoms with van der Waals surface area (Å²) in [7, 11) is -4.67.